The van der Waals surface area contributed by atoms with E-state index in [9.17, 15) is 4.79 Å². The fraction of sp³-hybridized carbons (Fsp3) is 0.0741. The van der Waals surface area contributed by atoms with Crippen molar-refractivity contribution in [2.45, 2.75) is 12.1 Å². The summed E-state index contributed by atoms with van der Waals surface area (Å²) in [5, 5.41) is 2.59. The number of carbonyl (C=O) groups excluding carboxylic acids is 1. The Bertz CT molecular complexity index is 991. The molecule has 4 aromatic carbocycles. The maximum atomic E-state index is 13.2. The van der Waals surface area contributed by atoms with Crippen molar-refractivity contribution in [2.24, 2.45) is 0 Å². The molecule has 0 saturated heterocycles. The zero-order valence-corrected chi connectivity index (χ0v) is 17.1. The first kappa shape index (κ1) is 19.3. The third-order valence-corrected chi connectivity index (χ3v) is 7.85. The molecule has 0 aromatic heterocycles. The molecule has 1 nitrogen and oxygen atoms in total. The van der Waals surface area contributed by atoms with Gasteiger partial charge in [-0.1, -0.05) is 121 Å². The largest absolute Gasteiger partial charge is 0.294 e. The third kappa shape index (κ3) is 4.70. The minimum atomic E-state index is -0.734. The topological polar surface area (TPSA) is 17.1 Å². The van der Waals surface area contributed by atoms with Crippen LogP contribution in [0.15, 0.2) is 121 Å². The van der Waals surface area contributed by atoms with Crippen LogP contribution in [0.25, 0.3) is 0 Å². The lowest BCUT2D eigenvalue weighted by Crippen LogP contribution is -2.19. The van der Waals surface area contributed by atoms with Crippen molar-refractivity contribution in [3.05, 3.63) is 132 Å². The fourth-order valence-electron chi connectivity index (χ4n) is 3.64. The molecule has 0 aliphatic rings. The predicted molar refractivity (Wildman–Crippen MR) is 124 cm³/mol. The zero-order chi connectivity index (χ0) is 19.9. The Hall–Kier alpha value is -3.02. The molecule has 142 valence electrons. The first-order valence-corrected chi connectivity index (χ1v) is 11.3. The van der Waals surface area contributed by atoms with Crippen molar-refractivity contribution >= 4 is 24.3 Å². The highest BCUT2D eigenvalue weighted by molar-refractivity contribution is 7.73. The fourth-order valence-corrected chi connectivity index (χ4v) is 6.46. The molecule has 0 radical (unpaired) electrons. The van der Waals surface area contributed by atoms with E-state index < -0.39 is 7.92 Å². The average Bonchev–Trinajstić information content (AvgIpc) is 2.81. The van der Waals surface area contributed by atoms with Gasteiger partial charge in [-0.3, -0.25) is 4.79 Å². The van der Waals surface area contributed by atoms with Crippen LogP contribution in [0.3, 0.4) is 0 Å². The smallest absolute Gasteiger partial charge is 0.163 e. The van der Waals surface area contributed by atoms with E-state index in [1.807, 2.05) is 36.4 Å². The van der Waals surface area contributed by atoms with Gasteiger partial charge in [0, 0.05) is 17.6 Å². The summed E-state index contributed by atoms with van der Waals surface area (Å²) < 4.78 is 0. The van der Waals surface area contributed by atoms with Gasteiger partial charge in [-0.2, -0.15) is 0 Å². The van der Waals surface area contributed by atoms with Crippen LogP contribution in [0.2, 0.25) is 0 Å². The summed E-state index contributed by atoms with van der Waals surface area (Å²) in [7, 11) is -0.734. The second-order valence-electron chi connectivity index (χ2n) is 6.96. The second kappa shape index (κ2) is 9.45. The van der Waals surface area contributed by atoms with E-state index in [1.54, 1.807) is 0 Å². The normalized spacial score (nSPS) is 11.9. The molecule has 0 aliphatic carbocycles. The van der Waals surface area contributed by atoms with Crippen LogP contribution in [-0.4, -0.2) is 5.78 Å². The molecule has 0 heterocycles. The van der Waals surface area contributed by atoms with Gasteiger partial charge in [0.2, 0.25) is 0 Å². The number of ketones is 1. The van der Waals surface area contributed by atoms with Gasteiger partial charge < -0.3 is 0 Å². The van der Waals surface area contributed by atoms with Crippen LogP contribution < -0.4 is 10.6 Å². The van der Waals surface area contributed by atoms with Gasteiger partial charge in [-0.25, -0.2) is 0 Å². The van der Waals surface area contributed by atoms with E-state index in [-0.39, 0.29) is 11.4 Å². The molecule has 1 atom stereocenters. The van der Waals surface area contributed by atoms with Crippen molar-refractivity contribution in [1.82, 2.24) is 0 Å². The molecular formula is C27H23OP. The number of rotatable bonds is 7. The first-order chi connectivity index (χ1) is 14.3. The molecular weight excluding hydrogens is 371 g/mol. The summed E-state index contributed by atoms with van der Waals surface area (Å²) in [6.07, 6.45) is 0.490. The number of carbonyl (C=O) groups is 1. The maximum absolute atomic E-state index is 13.2. The zero-order valence-electron chi connectivity index (χ0n) is 16.2. The molecule has 0 spiro atoms. The number of hydrogen-bond donors (Lipinski definition) is 0. The molecule has 0 bridgehead atoms. The summed E-state index contributed by atoms with van der Waals surface area (Å²) in [4.78, 5) is 13.2. The Balaban J connectivity index is 1.80. The summed E-state index contributed by atoms with van der Waals surface area (Å²) in [5.74, 6) is 0.193. The lowest BCUT2D eigenvalue weighted by atomic mass is 10.0. The molecule has 29 heavy (non-hydrogen) atoms. The molecule has 0 amide bonds. The quantitative estimate of drug-likeness (QED) is 0.272. The first-order valence-electron chi connectivity index (χ1n) is 9.85. The molecule has 0 saturated carbocycles. The van der Waals surface area contributed by atoms with Crippen LogP contribution in [0.5, 0.6) is 0 Å². The van der Waals surface area contributed by atoms with E-state index in [4.69, 9.17) is 0 Å². The molecule has 0 aliphatic heterocycles. The van der Waals surface area contributed by atoms with Gasteiger partial charge in [0.05, 0.1) is 0 Å². The Morgan fingerprint density at radius 2 is 1.00 bits per heavy atom. The minimum absolute atomic E-state index is 0.115. The second-order valence-corrected chi connectivity index (χ2v) is 9.36. The van der Waals surface area contributed by atoms with Gasteiger partial charge in [-0.15, -0.1) is 0 Å². The maximum Gasteiger partial charge on any atom is 0.163 e. The Morgan fingerprint density at radius 3 is 1.48 bits per heavy atom. The molecule has 4 aromatic rings. The number of Topliss-reactive ketones (excluding diaryl/α,β-unsaturated/α-hetero) is 1. The number of benzene rings is 4. The lowest BCUT2D eigenvalue weighted by molar-refractivity contribution is 0.0981. The molecule has 1 unspecified atom stereocenters. The summed E-state index contributed by atoms with van der Waals surface area (Å²) >= 11 is 0. The highest BCUT2D eigenvalue weighted by Gasteiger charge is 2.28. The monoisotopic (exact) mass is 394 g/mol. The summed E-state index contributed by atoms with van der Waals surface area (Å²) in [6, 6.07) is 41.4. The average molecular weight is 394 g/mol. The van der Waals surface area contributed by atoms with E-state index >= 15 is 0 Å². The predicted octanol–water partition coefficient (Wildman–Crippen LogP) is 6.13. The Kier molecular flexibility index (Phi) is 6.29. The molecule has 0 N–H and O–H groups in total. The van der Waals surface area contributed by atoms with Crippen LogP contribution in [-0.2, 0) is 0 Å². The minimum Gasteiger partial charge on any atom is -0.294 e. The van der Waals surface area contributed by atoms with Gasteiger partial charge in [0.15, 0.2) is 5.78 Å². The van der Waals surface area contributed by atoms with Gasteiger partial charge in [-0.05, 0) is 24.1 Å². The molecule has 2 heteroatoms. The van der Waals surface area contributed by atoms with E-state index in [2.05, 4.69) is 84.9 Å². The van der Waals surface area contributed by atoms with Crippen LogP contribution in [0, 0.1) is 0 Å². The third-order valence-electron chi connectivity index (χ3n) is 5.04. The number of hydrogen-bond acceptors (Lipinski definition) is 1. The standard InChI is InChI=1S/C27H23OP/c28-26(22-13-5-1-6-14-22)21-27(23-15-7-2-8-16-23)29(24-17-9-3-10-18-24)25-19-11-4-12-20-25/h1-20,27H,21H2. The van der Waals surface area contributed by atoms with Crippen molar-refractivity contribution in [1.29, 1.82) is 0 Å². The molecule has 0 fully saturated rings. The van der Waals surface area contributed by atoms with Crippen molar-refractivity contribution in [3.8, 4) is 0 Å². The molecule has 4 rings (SSSR count). The van der Waals surface area contributed by atoms with E-state index in [0.717, 1.165) is 5.56 Å². The van der Waals surface area contributed by atoms with Crippen molar-refractivity contribution in [3.63, 3.8) is 0 Å². The van der Waals surface area contributed by atoms with E-state index in [1.165, 1.54) is 16.2 Å². The van der Waals surface area contributed by atoms with E-state index in [0.29, 0.717) is 6.42 Å². The van der Waals surface area contributed by atoms with Gasteiger partial charge in [0.25, 0.3) is 0 Å². The van der Waals surface area contributed by atoms with Crippen LogP contribution >= 0.6 is 7.92 Å². The van der Waals surface area contributed by atoms with Crippen molar-refractivity contribution in [2.75, 3.05) is 0 Å². The van der Waals surface area contributed by atoms with Crippen molar-refractivity contribution < 1.29 is 4.79 Å². The Labute approximate surface area is 173 Å². The summed E-state index contributed by atoms with van der Waals surface area (Å²) in [6.45, 7) is 0. The Morgan fingerprint density at radius 1 is 0.586 bits per heavy atom. The highest BCUT2D eigenvalue weighted by atomic mass is 31.1. The van der Waals surface area contributed by atoms with Gasteiger partial charge >= 0.3 is 0 Å². The summed E-state index contributed by atoms with van der Waals surface area (Å²) in [5.41, 5.74) is 2.11. The lowest BCUT2D eigenvalue weighted by Gasteiger charge is -2.29. The SMILES string of the molecule is O=C(CC(c1ccccc1)P(c1ccccc1)c1ccccc1)c1ccccc1. The highest BCUT2D eigenvalue weighted by Crippen LogP contribution is 2.51. The van der Waals surface area contributed by atoms with Crippen LogP contribution in [0.1, 0.15) is 28.0 Å². The van der Waals surface area contributed by atoms with Gasteiger partial charge in [0.1, 0.15) is 0 Å². The van der Waals surface area contributed by atoms with Crippen LogP contribution in [0.4, 0.5) is 0 Å².